The Morgan fingerprint density at radius 1 is 1.44 bits per heavy atom. The smallest absolute Gasteiger partial charge is 0.358 e. The molecule has 94 valence electrons. The number of oxazole rings is 1. The summed E-state index contributed by atoms with van der Waals surface area (Å²) in [5.41, 5.74) is 1.76. The lowest BCUT2D eigenvalue weighted by atomic mass is 10.1. The Labute approximate surface area is 105 Å². The van der Waals surface area contributed by atoms with Gasteiger partial charge in [0.15, 0.2) is 17.8 Å². The van der Waals surface area contributed by atoms with Crippen LogP contribution in [0, 0.1) is 0 Å². The predicted octanol–water partition coefficient (Wildman–Crippen LogP) is 2.10. The van der Waals surface area contributed by atoms with Gasteiger partial charge >= 0.3 is 5.97 Å². The van der Waals surface area contributed by atoms with Gasteiger partial charge in [-0.15, -0.1) is 0 Å². The average molecular weight is 246 g/mol. The molecule has 2 rings (SSSR count). The molecule has 0 saturated heterocycles. The van der Waals surface area contributed by atoms with Crippen LogP contribution in [0.2, 0.25) is 0 Å². The fourth-order valence-electron chi connectivity index (χ4n) is 1.78. The third-order valence-corrected chi connectivity index (χ3v) is 2.46. The summed E-state index contributed by atoms with van der Waals surface area (Å²) < 4.78 is 5.17. The number of carbonyl (C=O) groups is 1. The quantitative estimate of drug-likeness (QED) is 0.894. The lowest BCUT2D eigenvalue weighted by Gasteiger charge is -2.10. The predicted molar refractivity (Wildman–Crippen MR) is 66.3 cm³/mol. The van der Waals surface area contributed by atoms with Crippen molar-refractivity contribution in [2.24, 2.45) is 0 Å². The van der Waals surface area contributed by atoms with Crippen LogP contribution in [-0.2, 0) is 6.54 Å². The summed E-state index contributed by atoms with van der Waals surface area (Å²) in [4.78, 5) is 16.7. The Bertz CT molecular complexity index is 561. The van der Waals surface area contributed by atoms with Gasteiger partial charge in [-0.05, 0) is 25.7 Å². The first-order chi connectivity index (χ1) is 8.58. The SMILES string of the molecule is CN(C)Cc1cccc(-c2ocnc2C(=O)O)c1. The van der Waals surface area contributed by atoms with Crippen molar-refractivity contribution < 1.29 is 14.3 Å². The van der Waals surface area contributed by atoms with Gasteiger partial charge < -0.3 is 14.4 Å². The second-order valence-corrected chi connectivity index (χ2v) is 4.27. The van der Waals surface area contributed by atoms with Gasteiger partial charge in [0.25, 0.3) is 0 Å². The molecule has 0 aliphatic heterocycles. The molecule has 1 aromatic heterocycles. The van der Waals surface area contributed by atoms with E-state index < -0.39 is 5.97 Å². The van der Waals surface area contributed by atoms with Crippen LogP contribution in [0.4, 0.5) is 0 Å². The minimum absolute atomic E-state index is 0.0583. The molecule has 0 aliphatic carbocycles. The molecular formula is C13H14N2O3. The maximum atomic E-state index is 11.0. The first-order valence-electron chi connectivity index (χ1n) is 5.48. The van der Waals surface area contributed by atoms with E-state index in [1.165, 1.54) is 0 Å². The zero-order valence-electron chi connectivity index (χ0n) is 10.3. The fraction of sp³-hybridized carbons (Fsp3) is 0.231. The summed E-state index contributed by atoms with van der Waals surface area (Å²) in [7, 11) is 3.95. The molecule has 0 bridgehead atoms. The van der Waals surface area contributed by atoms with Crippen LogP contribution in [0.1, 0.15) is 16.1 Å². The minimum Gasteiger partial charge on any atom is -0.476 e. The number of benzene rings is 1. The zero-order chi connectivity index (χ0) is 13.1. The molecule has 5 heteroatoms. The van der Waals surface area contributed by atoms with Crippen LogP contribution in [0.5, 0.6) is 0 Å². The highest BCUT2D eigenvalue weighted by Crippen LogP contribution is 2.24. The first kappa shape index (κ1) is 12.3. The zero-order valence-corrected chi connectivity index (χ0v) is 10.3. The Hall–Kier alpha value is -2.14. The molecule has 1 heterocycles. The Kier molecular flexibility index (Phi) is 3.43. The minimum atomic E-state index is -1.09. The molecule has 1 N–H and O–H groups in total. The second-order valence-electron chi connectivity index (χ2n) is 4.27. The monoisotopic (exact) mass is 246 g/mol. The average Bonchev–Trinajstić information content (AvgIpc) is 2.77. The highest BCUT2D eigenvalue weighted by atomic mass is 16.4. The third-order valence-electron chi connectivity index (χ3n) is 2.46. The normalized spacial score (nSPS) is 10.8. The van der Waals surface area contributed by atoms with E-state index >= 15 is 0 Å². The molecule has 0 fully saturated rings. The van der Waals surface area contributed by atoms with E-state index in [4.69, 9.17) is 9.52 Å². The first-order valence-corrected chi connectivity index (χ1v) is 5.48. The van der Waals surface area contributed by atoms with Crippen LogP contribution < -0.4 is 0 Å². The van der Waals surface area contributed by atoms with Gasteiger partial charge in [0.2, 0.25) is 0 Å². The van der Waals surface area contributed by atoms with E-state index in [-0.39, 0.29) is 5.69 Å². The molecule has 0 unspecified atom stereocenters. The summed E-state index contributed by atoms with van der Waals surface area (Å²) in [6, 6.07) is 7.59. The number of aromatic nitrogens is 1. The van der Waals surface area contributed by atoms with Gasteiger partial charge in [-0.25, -0.2) is 9.78 Å². The van der Waals surface area contributed by atoms with Gasteiger partial charge in [0.1, 0.15) is 0 Å². The van der Waals surface area contributed by atoms with Crippen LogP contribution in [-0.4, -0.2) is 35.1 Å². The van der Waals surface area contributed by atoms with Crippen molar-refractivity contribution in [1.82, 2.24) is 9.88 Å². The molecule has 0 aliphatic rings. The number of carboxylic acids is 1. The van der Waals surface area contributed by atoms with E-state index in [1.54, 1.807) is 0 Å². The van der Waals surface area contributed by atoms with Crippen LogP contribution >= 0.6 is 0 Å². The van der Waals surface area contributed by atoms with Crippen molar-refractivity contribution in [3.05, 3.63) is 41.9 Å². The van der Waals surface area contributed by atoms with E-state index in [0.29, 0.717) is 5.76 Å². The highest BCUT2D eigenvalue weighted by Gasteiger charge is 2.17. The van der Waals surface area contributed by atoms with Crippen LogP contribution in [0.25, 0.3) is 11.3 Å². The van der Waals surface area contributed by atoms with Crippen LogP contribution in [0.3, 0.4) is 0 Å². The van der Waals surface area contributed by atoms with E-state index in [0.717, 1.165) is 24.1 Å². The van der Waals surface area contributed by atoms with Gasteiger partial charge in [-0.1, -0.05) is 18.2 Å². The largest absolute Gasteiger partial charge is 0.476 e. The highest BCUT2D eigenvalue weighted by molar-refractivity contribution is 5.92. The summed E-state index contributed by atoms with van der Waals surface area (Å²) in [5, 5.41) is 9.00. The van der Waals surface area contributed by atoms with E-state index in [2.05, 4.69) is 4.98 Å². The van der Waals surface area contributed by atoms with Crippen molar-refractivity contribution >= 4 is 5.97 Å². The third kappa shape index (κ3) is 2.57. The summed E-state index contributed by atoms with van der Waals surface area (Å²) in [6.07, 6.45) is 1.15. The maximum Gasteiger partial charge on any atom is 0.358 e. The summed E-state index contributed by atoms with van der Waals surface area (Å²) >= 11 is 0. The van der Waals surface area contributed by atoms with Crippen LogP contribution in [0.15, 0.2) is 35.1 Å². The lowest BCUT2D eigenvalue weighted by Crippen LogP contribution is -2.10. The number of nitrogens with zero attached hydrogens (tertiary/aromatic N) is 2. The van der Waals surface area contributed by atoms with Gasteiger partial charge in [-0.2, -0.15) is 0 Å². The molecule has 5 nitrogen and oxygen atoms in total. The Morgan fingerprint density at radius 3 is 2.89 bits per heavy atom. The van der Waals surface area contributed by atoms with Crippen molar-refractivity contribution in [1.29, 1.82) is 0 Å². The van der Waals surface area contributed by atoms with Crippen molar-refractivity contribution in [3.63, 3.8) is 0 Å². The standard InChI is InChI=1S/C13H14N2O3/c1-15(2)7-9-4-3-5-10(6-9)12-11(13(16)17)14-8-18-12/h3-6,8H,7H2,1-2H3,(H,16,17). The molecule has 0 saturated carbocycles. The summed E-state index contributed by atoms with van der Waals surface area (Å²) in [5.74, 6) is -0.792. The second kappa shape index (κ2) is 5.01. The number of carboxylic acid groups (broad SMARTS) is 1. The molecule has 2 aromatic rings. The van der Waals surface area contributed by atoms with Crippen molar-refractivity contribution in [2.75, 3.05) is 14.1 Å². The number of hydrogen-bond donors (Lipinski definition) is 1. The molecular weight excluding hydrogens is 232 g/mol. The van der Waals surface area contributed by atoms with Crippen molar-refractivity contribution in [3.8, 4) is 11.3 Å². The molecule has 0 radical (unpaired) electrons. The van der Waals surface area contributed by atoms with E-state index in [1.807, 2.05) is 43.3 Å². The molecule has 0 amide bonds. The van der Waals surface area contributed by atoms with Gasteiger partial charge in [-0.3, -0.25) is 0 Å². The Balaban J connectivity index is 2.38. The molecule has 0 spiro atoms. The topological polar surface area (TPSA) is 66.6 Å². The van der Waals surface area contributed by atoms with E-state index in [9.17, 15) is 4.79 Å². The summed E-state index contributed by atoms with van der Waals surface area (Å²) in [6.45, 7) is 0.782. The molecule has 0 atom stereocenters. The van der Waals surface area contributed by atoms with Gasteiger partial charge in [0, 0.05) is 12.1 Å². The lowest BCUT2D eigenvalue weighted by molar-refractivity contribution is 0.0691. The number of hydrogen-bond acceptors (Lipinski definition) is 4. The van der Waals surface area contributed by atoms with Crippen molar-refractivity contribution in [2.45, 2.75) is 6.54 Å². The molecule has 18 heavy (non-hydrogen) atoms. The molecule has 1 aromatic carbocycles. The number of rotatable bonds is 4. The fourth-order valence-corrected chi connectivity index (χ4v) is 1.78. The Morgan fingerprint density at radius 2 is 2.22 bits per heavy atom. The maximum absolute atomic E-state index is 11.0. The number of aromatic carboxylic acids is 1. The van der Waals surface area contributed by atoms with Gasteiger partial charge in [0.05, 0.1) is 0 Å².